The standard InChI is InChI=1S/C17H20N4O2/c1-11-7-8-14(12(2)9-11)18-10-16(22)20-21-17(23)15-6-4-5-13(3)19-15/h4-9,18H,10H2,1-3H3,(H,20,22)(H,21,23). The van der Waals surface area contributed by atoms with Crippen LogP contribution in [0.1, 0.15) is 27.3 Å². The van der Waals surface area contributed by atoms with Crippen molar-refractivity contribution in [1.82, 2.24) is 15.8 Å². The molecule has 0 radical (unpaired) electrons. The molecule has 0 aliphatic rings. The molecule has 2 aromatic rings. The summed E-state index contributed by atoms with van der Waals surface area (Å²) < 4.78 is 0. The molecule has 23 heavy (non-hydrogen) atoms. The van der Waals surface area contributed by atoms with Gasteiger partial charge in [0.05, 0.1) is 6.54 Å². The Kier molecular flexibility index (Phi) is 5.30. The molecule has 0 fully saturated rings. The number of anilines is 1. The van der Waals surface area contributed by atoms with Crippen LogP contribution in [0.15, 0.2) is 36.4 Å². The minimum Gasteiger partial charge on any atom is -0.376 e. The van der Waals surface area contributed by atoms with E-state index in [1.807, 2.05) is 32.0 Å². The molecule has 0 bridgehead atoms. The van der Waals surface area contributed by atoms with Crippen LogP contribution in [0.3, 0.4) is 0 Å². The molecule has 6 heteroatoms. The van der Waals surface area contributed by atoms with E-state index in [2.05, 4.69) is 21.2 Å². The summed E-state index contributed by atoms with van der Waals surface area (Å²) in [6.45, 7) is 5.84. The summed E-state index contributed by atoms with van der Waals surface area (Å²) in [4.78, 5) is 27.7. The lowest BCUT2D eigenvalue weighted by Crippen LogP contribution is -2.44. The van der Waals surface area contributed by atoms with Crippen LogP contribution in [0.2, 0.25) is 0 Å². The molecule has 0 aliphatic heterocycles. The van der Waals surface area contributed by atoms with Gasteiger partial charge in [-0.15, -0.1) is 0 Å². The maximum atomic E-state index is 11.9. The Balaban J connectivity index is 1.82. The Morgan fingerprint density at radius 3 is 2.52 bits per heavy atom. The van der Waals surface area contributed by atoms with Crippen LogP contribution in [0, 0.1) is 20.8 Å². The first-order valence-electron chi connectivity index (χ1n) is 7.29. The van der Waals surface area contributed by atoms with Gasteiger partial charge in [0.15, 0.2) is 0 Å². The first-order valence-corrected chi connectivity index (χ1v) is 7.29. The van der Waals surface area contributed by atoms with Gasteiger partial charge in [0.2, 0.25) is 0 Å². The van der Waals surface area contributed by atoms with Gasteiger partial charge in [-0.1, -0.05) is 23.8 Å². The lowest BCUT2D eigenvalue weighted by molar-refractivity contribution is -0.120. The molecule has 6 nitrogen and oxygen atoms in total. The van der Waals surface area contributed by atoms with Crippen molar-refractivity contribution in [2.45, 2.75) is 20.8 Å². The molecule has 0 aliphatic carbocycles. The van der Waals surface area contributed by atoms with Crippen molar-refractivity contribution in [1.29, 1.82) is 0 Å². The van der Waals surface area contributed by atoms with Crippen LogP contribution in [-0.4, -0.2) is 23.3 Å². The fourth-order valence-corrected chi connectivity index (χ4v) is 2.09. The van der Waals surface area contributed by atoms with Gasteiger partial charge >= 0.3 is 0 Å². The Hall–Kier alpha value is -2.89. The van der Waals surface area contributed by atoms with Gasteiger partial charge in [0.25, 0.3) is 11.8 Å². The average molecular weight is 312 g/mol. The number of carbonyl (C=O) groups excluding carboxylic acids is 2. The molecule has 2 amide bonds. The number of hydrogen-bond acceptors (Lipinski definition) is 4. The zero-order chi connectivity index (χ0) is 16.8. The summed E-state index contributed by atoms with van der Waals surface area (Å²) in [5, 5.41) is 3.03. The Morgan fingerprint density at radius 2 is 1.83 bits per heavy atom. The van der Waals surface area contributed by atoms with E-state index in [0.29, 0.717) is 0 Å². The third kappa shape index (κ3) is 4.81. The molecule has 0 saturated carbocycles. The van der Waals surface area contributed by atoms with Gasteiger partial charge in [-0.05, 0) is 44.5 Å². The predicted molar refractivity (Wildman–Crippen MR) is 89.0 cm³/mol. The lowest BCUT2D eigenvalue weighted by atomic mass is 10.1. The molecule has 1 heterocycles. The zero-order valence-corrected chi connectivity index (χ0v) is 13.4. The summed E-state index contributed by atoms with van der Waals surface area (Å²) in [7, 11) is 0. The molecule has 2 rings (SSSR count). The van der Waals surface area contributed by atoms with E-state index < -0.39 is 5.91 Å². The SMILES string of the molecule is Cc1ccc(NCC(=O)NNC(=O)c2cccc(C)n2)c(C)c1. The monoisotopic (exact) mass is 312 g/mol. The van der Waals surface area contributed by atoms with Crippen LogP contribution in [0.25, 0.3) is 0 Å². The molecule has 120 valence electrons. The first-order chi connectivity index (χ1) is 11.0. The normalized spacial score (nSPS) is 10.0. The fourth-order valence-electron chi connectivity index (χ4n) is 2.09. The van der Waals surface area contributed by atoms with E-state index in [1.54, 1.807) is 25.1 Å². The van der Waals surface area contributed by atoms with E-state index in [9.17, 15) is 9.59 Å². The topological polar surface area (TPSA) is 83.1 Å². The summed E-state index contributed by atoms with van der Waals surface area (Å²) in [6.07, 6.45) is 0. The van der Waals surface area contributed by atoms with Gasteiger partial charge in [-0.3, -0.25) is 20.4 Å². The lowest BCUT2D eigenvalue weighted by Gasteiger charge is -2.11. The highest BCUT2D eigenvalue weighted by Gasteiger charge is 2.09. The van der Waals surface area contributed by atoms with Crippen molar-refractivity contribution in [2.75, 3.05) is 11.9 Å². The number of aryl methyl sites for hydroxylation is 3. The number of nitrogens with one attached hydrogen (secondary N) is 3. The minimum atomic E-state index is -0.450. The second-order valence-corrected chi connectivity index (χ2v) is 5.34. The van der Waals surface area contributed by atoms with Crippen molar-refractivity contribution in [3.05, 3.63) is 58.9 Å². The van der Waals surface area contributed by atoms with Crippen LogP contribution in [0.4, 0.5) is 5.69 Å². The number of nitrogens with zero attached hydrogens (tertiary/aromatic N) is 1. The highest BCUT2D eigenvalue weighted by molar-refractivity contribution is 5.94. The fraction of sp³-hybridized carbons (Fsp3) is 0.235. The van der Waals surface area contributed by atoms with Gasteiger partial charge < -0.3 is 5.32 Å². The van der Waals surface area contributed by atoms with Crippen molar-refractivity contribution >= 4 is 17.5 Å². The average Bonchev–Trinajstić information content (AvgIpc) is 2.51. The van der Waals surface area contributed by atoms with Crippen molar-refractivity contribution in [2.24, 2.45) is 0 Å². The zero-order valence-electron chi connectivity index (χ0n) is 13.4. The summed E-state index contributed by atoms with van der Waals surface area (Å²) >= 11 is 0. The second-order valence-electron chi connectivity index (χ2n) is 5.34. The number of amides is 2. The number of hydrazine groups is 1. The van der Waals surface area contributed by atoms with Crippen LogP contribution < -0.4 is 16.2 Å². The molecular formula is C17H20N4O2. The predicted octanol–water partition coefficient (Wildman–Crippen LogP) is 1.88. The van der Waals surface area contributed by atoms with Crippen LogP contribution in [0.5, 0.6) is 0 Å². The number of hydrogen-bond donors (Lipinski definition) is 3. The molecule has 0 atom stereocenters. The van der Waals surface area contributed by atoms with Gasteiger partial charge in [-0.25, -0.2) is 4.98 Å². The highest BCUT2D eigenvalue weighted by atomic mass is 16.2. The maximum absolute atomic E-state index is 11.9. The van der Waals surface area contributed by atoms with E-state index >= 15 is 0 Å². The van der Waals surface area contributed by atoms with Crippen molar-refractivity contribution in [3.63, 3.8) is 0 Å². The number of aromatic nitrogens is 1. The minimum absolute atomic E-state index is 0.0609. The molecule has 1 aromatic carbocycles. The number of pyridine rings is 1. The molecule has 0 unspecified atom stereocenters. The summed E-state index contributed by atoms with van der Waals surface area (Å²) in [6, 6.07) is 11.0. The quantitative estimate of drug-likeness (QED) is 0.753. The molecule has 0 saturated heterocycles. The Labute approximate surface area is 135 Å². The van der Waals surface area contributed by atoms with E-state index in [0.717, 1.165) is 22.5 Å². The highest BCUT2D eigenvalue weighted by Crippen LogP contribution is 2.15. The van der Waals surface area contributed by atoms with Crippen molar-refractivity contribution < 1.29 is 9.59 Å². The van der Waals surface area contributed by atoms with Gasteiger partial charge in [0.1, 0.15) is 5.69 Å². The van der Waals surface area contributed by atoms with Crippen LogP contribution >= 0.6 is 0 Å². The van der Waals surface area contributed by atoms with E-state index in [1.165, 1.54) is 0 Å². The number of carbonyl (C=O) groups is 2. The first kappa shape index (κ1) is 16.5. The van der Waals surface area contributed by atoms with Gasteiger partial charge in [0, 0.05) is 11.4 Å². The third-order valence-electron chi connectivity index (χ3n) is 3.26. The molecular weight excluding hydrogens is 292 g/mol. The smallest absolute Gasteiger partial charge is 0.288 e. The van der Waals surface area contributed by atoms with E-state index in [-0.39, 0.29) is 18.1 Å². The largest absolute Gasteiger partial charge is 0.376 e. The number of rotatable bonds is 4. The van der Waals surface area contributed by atoms with Crippen LogP contribution in [-0.2, 0) is 4.79 Å². The molecule has 1 aromatic heterocycles. The maximum Gasteiger partial charge on any atom is 0.288 e. The number of benzene rings is 1. The molecule has 3 N–H and O–H groups in total. The van der Waals surface area contributed by atoms with Crippen molar-refractivity contribution in [3.8, 4) is 0 Å². The summed E-state index contributed by atoms with van der Waals surface area (Å²) in [5.41, 5.74) is 8.81. The molecule has 0 spiro atoms. The second kappa shape index (κ2) is 7.40. The van der Waals surface area contributed by atoms with E-state index in [4.69, 9.17) is 0 Å². The van der Waals surface area contributed by atoms with Gasteiger partial charge in [-0.2, -0.15) is 0 Å². The third-order valence-corrected chi connectivity index (χ3v) is 3.26. The Morgan fingerprint density at radius 1 is 1.04 bits per heavy atom. The Bertz CT molecular complexity index is 728. The summed E-state index contributed by atoms with van der Waals surface area (Å²) in [5.74, 6) is -0.792.